The van der Waals surface area contributed by atoms with Crippen LogP contribution in [0, 0.1) is 0 Å². The zero-order chi connectivity index (χ0) is 15.8. The smallest absolute Gasteiger partial charge is 0.0402 e. The minimum Gasteiger partial charge on any atom is -0.399 e. The normalized spacial score (nSPS) is 11.0. The number of nitrogen functional groups attached to an aromatic ring is 2. The quantitative estimate of drug-likeness (QED) is 0.486. The first-order valence-electron chi connectivity index (χ1n) is 7.45. The van der Waals surface area contributed by atoms with E-state index in [1.54, 1.807) is 11.3 Å². The van der Waals surface area contributed by atoms with E-state index >= 15 is 0 Å². The van der Waals surface area contributed by atoms with E-state index < -0.39 is 0 Å². The summed E-state index contributed by atoms with van der Waals surface area (Å²) in [5.74, 6) is 0. The predicted molar refractivity (Wildman–Crippen MR) is 102 cm³/mol. The highest BCUT2D eigenvalue weighted by atomic mass is 32.1. The van der Waals surface area contributed by atoms with Gasteiger partial charge in [0.05, 0.1) is 0 Å². The van der Waals surface area contributed by atoms with Gasteiger partial charge >= 0.3 is 0 Å². The second kappa shape index (κ2) is 5.45. The Morgan fingerprint density at radius 2 is 1.43 bits per heavy atom. The Hall–Kier alpha value is -2.78. The Balaban J connectivity index is 1.84. The molecule has 0 fully saturated rings. The molecule has 1 heterocycles. The summed E-state index contributed by atoms with van der Waals surface area (Å²) >= 11 is 1.77. The summed E-state index contributed by atoms with van der Waals surface area (Å²) in [5.41, 5.74) is 16.9. The molecule has 4 rings (SSSR count). The van der Waals surface area contributed by atoms with Gasteiger partial charge in [-0.25, -0.2) is 0 Å². The third-order valence-corrected chi connectivity index (χ3v) is 5.14. The van der Waals surface area contributed by atoms with Gasteiger partial charge in [0.15, 0.2) is 0 Å². The van der Waals surface area contributed by atoms with Gasteiger partial charge in [-0.1, -0.05) is 36.4 Å². The van der Waals surface area contributed by atoms with Gasteiger partial charge in [0.25, 0.3) is 0 Å². The SMILES string of the molecule is Nc1ccc(-c2ccc(N)c(-c3cc4ccccc4s3)c2)cc1. The molecule has 3 aromatic carbocycles. The summed E-state index contributed by atoms with van der Waals surface area (Å²) in [6, 6.07) is 24.7. The molecule has 4 aromatic rings. The number of benzene rings is 3. The number of fused-ring (bicyclic) bond motifs is 1. The molecule has 2 nitrogen and oxygen atoms in total. The van der Waals surface area contributed by atoms with Crippen LogP contribution in [0.3, 0.4) is 0 Å². The van der Waals surface area contributed by atoms with Crippen LogP contribution in [0.4, 0.5) is 11.4 Å². The minimum atomic E-state index is 0.772. The molecule has 0 radical (unpaired) electrons. The van der Waals surface area contributed by atoms with Crippen LogP contribution in [0.1, 0.15) is 0 Å². The van der Waals surface area contributed by atoms with E-state index in [9.17, 15) is 0 Å². The van der Waals surface area contributed by atoms with Gasteiger partial charge < -0.3 is 11.5 Å². The number of rotatable bonds is 2. The molecule has 23 heavy (non-hydrogen) atoms. The molecular weight excluding hydrogens is 300 g/mol. The lowest BCUT2D eigenvalue weighted by molar-refractivity contribution is 1.61. The Morgan fingerprint density at radius 3 is 2.22 bits per heavy atom. The van der Waals surface area contributed by atoms with Crippen molar-refractivity contribution in [2.45, 2.75) is 0 Å². The minimum absolute atomic E-state index is 0.772. The van der Waals surface area contributed by atoms with E-state index in [1.165, 1.54) is 15.0 Å². The number of nitrogens with two attached hydrogens (primary N) is 2. The zero-order valence-electron chi connectivity index (χ0n) is 12.5. The summed E-state index contributed by atoms with van der Waals surface area (Å²) in [6.07, 6.45) is 0. The fourth-order valence-electron chi connectivity index (χ4n) is 2.74. The fraction of sp³-hybridized carbons (Fsp3) is 0. The zero-order valence-corrected chi connectivity index (χ0v) is 13.3. The molecule has 0 bridgehead atoms. The van der Waals surface area contributed by atoms with Gasteiger partial charge in [-0.3, -0.25) is 0 Å². The van der Waals surface area contributed by atoms with Crippen LogP contribution in [0.25, 0.3) is 31.7 Å². The van der Waals surface area contributed by atoms with Crippen LogP contribution in [0.2, 0.25) is 0 Å². The number of hydrogen-bond donors (Lipinski definition) is 2. The molecule has 0 amide bonds. The highest BCUT2D eigenvalue weighted by Gasteiger charge is 2.09. The van der Waals surface area contributed by atoms with Crippen molar-refractivity contribution in [1.29, 1.82) is 0 Å². The van der Waals surface area contributed by atoms with E-state index in [-0.39, 0.29) is 0 Å². The maximum atomic E-state index is 6.23. The monoisotopic (exact) mass is 316 g/mol. The second-order valence-corrected chi connectivity index (χ2v) is 6.66. The van der Waals surface area contributed by atoms with Crippen molar-refractivity contribution in [3.05, 3.63) is 72.8 Å². The summed E-state index contributed by atoms with van der Waals surface area (Å²) in [4.78, 5) is 1.20. The Bertz CT molecular complexity index is 951. The molecular formula is C20H16N2S. The first-order chi connectivity index (χ1) is 11.2. The number of anilines is 2. The molecule has 0 aliphatic carbocycles. The van der Waals surface area contributed by atoms with Gasteiger partial charge in [0.2, 0.25) is 0 Å². The van der Waals surface area contributed by atoms with Crippen molar-refractivity contribution in [2.75, 3.05) is 11.5 Å². The van der Waals surface area contributed by atoms with E-state index in [0.717, 1.165) is 28.1 Å². The molecule has 0 saturated carbocycles. The number of thiophene rings is 1. The third-order valence-electron chi connectivity index (χ3n) is 3.99. The van der Waals surface area contributed by atoms with E-state index in [4.69, 9.17) is 11.5 Å². The summed E-state index contributed by atoms with van der Waals surface area (Å²) in [7, 11) is 0. The first kappa shape index (κ1) is 13.9. The summed E-state index contributed by atoms with van der Waals surface area (Å²) < 4.78 is 1.28. The van der Waals surface area contributed by atoms with E-state index in [1.807, 2.05) is 30.3 Å². The first-order valence-corrected chi connectivity index (χ1v) is 8.27. The van der Waals surface area contributed by atoms with E-state index in [2.05, 4.69) is 42.5 Å². The molecule has 112 valence electrons. The maximum Gasteiger partial charge on any atom is 0.0402 e. The molecule has 0 unspecified atom stereocenters. The van der Waals surface area contributed by atoms with E-state index in [0.29, 0.717) is 0 Å². The van der Waals surface area contributed by atoms with Crippen molar-refractivity contribution in [2.24, 2.45) is 0 Å². The highest BCUT2D eigenvalue weighted by molar-refractivity contribution is 7.22. The highest BCUT2D eigenvalue weighted by Crippen LogP contribution is 2.38. The summed E-state index contributed by atoms with van der Waals surface area (Å²) in [6.45, 7) is 0. The van der Waals surface area contributed by atoms with Crippen molar-refractivity contribution >= 4 is 32.8 Å². The molecule has 0 saturated heterocycles. The molecule has 0 aliphatic heterocycles. The van der Waals surface area contributed by atoms with Gasteiger partial charge in [-0.2, -0.15) is 0 Å². The average Bonchev–Trinajstić information content (AvgIpc) is 3.00. The van der Waals surface area contributed by atoms with Gasteiger partial charge in [0, 0.05) is 26.5 Å². The maximum absolute atomic E-state index is 6.23. The van der Waals surface area contributed by atoms with Gasteiger partial charge in [0.1, 0.15) is 0 Å². The molecule has 4 N–H and O–H groups in total. The lowest BCUT2D eigenvalue weighted by Crippen LogP contribution is -1.90. The van der Waals surface area contributed by atoms with Crippen LogP contribution >= 0.6 is 11.3 Å². The lowest BCUT2D eigenvalue weighted by Gasteiger charge is -2.08. The molecule has 0 atom stereocenters. The van der Waals surface area contributed by atoms with Crippen LogP contribution < -0.4 is 11.5 Å². The molecule has 1 aromatic heterocycles. The molecule has 0 spiro atoms. The van der Waals surface area contributed by atoms with Crippen LogP contribution in [-0.4, -0.2) is 0 Å². The second-order valence-electron chi connectivity index (χ2n) is 5.57. The standard InChI is InChI=1S/C20H16N2S/c21-16-8-5-13(6-9-16)14-7-10-18(22)17(11-14)20-12-15-3-1-2-4-19(15)23-20/h1-12H,21-22H2. The van der Waals surface area contributed by atoms with Gasteiger partial charge in [-0.15, -0.1) is 11.3 Å². The fourth-order valence-corrected chi connectivity index (χ4v) is 3.84. The van der Waals surface area contributed by atoms with Crippen molar-refractivity contribution < 1.29 is 0 Å². The molecule has 0 aliphatic rings. The predicted octanol–water partition coefficient (Wildman–Crippen LogP) is 5.40. The largest absolute Gasteiger partial charge is 0.399 e. The average molecular weight is 316 g/mol. The van der Waals surface area contributed by atoms with Crippen LogP contribution in [-0.2, 0) is 0 Å². The Morgan fingerprint density at radius 1 is 0.696 bits per heavy atom. The molecule has 3 heteroatoms. The van der Waals surface area contributed by atoms with Gasteiger partial charge in [-0.05, 0) is 52.9 Å². The summed E-state index contributed by atoms with van der Waals surface area (Å²) in [5, 5.41) is 1.25. The lowest BCUT2D eigenvalue weighted by atomic mass is 10.0. The topological polar surface area (TPSA) is 52.0 Å². The van der Waals surface area contributed by atoms with Crippen LogP contribution in [0.5, 0.6) is 0 Å². The third kappa shape index (κ3) is 2.56. The Kier molecular flexibility index (Phi) is 3.28. The van der Waals surface area contributed by atoms with Crippen LogP contribution in [0.15, 0.2) is 72.8 Å². The van der Waals surface area contributed by atoms with Crippen molar-refractivity contribution in [3.8, 4) is 21.6 Å². The Labute approximate surface area is 139 Å². The number of hydrogen-bond acceptors (Lipinski definition) is 3. The van der Waals surface area contributed by atoms with Crippen molar-refractivity contribution in [1.82, 2.24) is 0 Å². The van der Waals surface area contributed by atoms with Crippen molar-refractivity contribution in [3.63, 3.8) is 0 Å².